The first-order valence-electron chi connectivity index (χ1n) is 8.41. The lowest BCUT2D eigenvalue weighted by atomic mass is 10.1. The molecule has 0 aliphatic rings. The number of aryl methyl sites for hydroxylation is 2. The number of nitrogens with zero attached hydrogens (tertiary/aromatic N) is 3. The molecule has 0 aliphatic carbocycles. The lowest BCUT2D eigenvalue weighted by Crippen LogP contribution is -2.25. The second kappa shape index (κ2) is 7.55. The van der Waals surface area contributed by atoms with Gasteiger partial charge in [-0.2, -0.15) is 5.10 Å². The van der Waals surface area contributed by atoms with Crippen molar-refractivity contribution in [2.45, 2.75) is 20.8 Å². The predicted octanol–water partition coefficient (Wildman–Crippen LogP) is 2.63. The van der Waals surface area contributed by atoms with Crippen molar-refractivity contribution in [3.05, 3.63) is 53.0 Å². The SMILES string of the molecule is COCNC(=O)c1cn2ncnc(Nc3cc(C(C)=O)ccc3C)c2c1C. The van der Waals surface area contributed by atoms with E-state index in [1.807, 2.05) is 19.9 Å². The zero-order chi connectivity index (χ0) is 19.6. The van der Waals surface area contributed by atoms with Crippen LogP contribution in [0.5, 0.6) is 0 Å². The summed E-state index contributed by atoms with van der Waals surface area (Å²) in [6, 6.07) is 5.46. The van der Waals surface area contributed by atoms with E-state index in [0.717, 1.165) is 16.8 Å². The first-order chi connectivity index (χ1) is 12.9. The number of nitrogens with one attached hydrogen (secondary N) is 2. The van der Waals surface area contributed by atoms with Crippen LogP contribution in [0, 0.1) is 13.8 Å². The molecule has 8 nitrogen and oxygen atoms in total. The lowest BCUT2D eigenvalue weighted by molar-refractivity contribution is 0.0871. The highest BCUT2D eigenvalue weighted by atomic mass is 16.5. The summed E-state index contributed by atoms with van der Waals surface area (Å²) in [6.07, 6.45) is 3.07. The molecule has 1 aromatic carbocycles. The molecule has 1 amide bonds. The van der Waals surface area contributed by atoms with Crippen LogP contribution in [0.2, 0.25) is 0 Å². The normalized spacial score (nSPS) is 10.8. The number of methoxy groups -OCH3 is 1. The average molecular weight is 367 g/mol. The first-order valence-corrected chi connectivity index (χ1v) is 8.41. The summed E-state index contributed by atoms with van der Waals surface area (Å²) in [6.45, 7) is 5.43. The Labute approximate surface area is 156 Å². The fourth-order valence-corrected chi connectivity index (χ4v) is 2.82. The Morgan fingerprint density at radius 2 is 2.04 bits per heavy atom. The van der Waals surface area contributed by atoms with Gasteiger partial charge in [0.2, 0.25) is 0 Å². The number of rotatable bonds is 6. The monoisotopic (exact) mass is 367 g/mol. The van der Waals surface area contributed by atoms with Gasteiger partial charge in [0.25, 0.3) is 5.91 Å². The largest absolute Gasteiger partial charge is 0.364 e. The summed E-state index contributed by atoms with van der Waals surface area (Å²) in [4.78, 5) is 28.3. The maximum atomic E-state index is 12.3. The van der Waals surface area contributed by atoms with Gasteiger partial charge in [0.1, 0.15) is 18.6 Å². The number of Topliss-reactive ketones (excluding diaryl/α,β-unsaturated/α-hetero) is 1. The second-order valence-electron chi connectivity index (χ2n) is 6.22. The second-order valence-corrected chi connectivity index (χ2v) is 6.22. The van der Waals surface area contributed by atoms with Gasteiger partial charge in [-0.25, -0.2) is 9.50 Å². The van der Waals surface area contributed by atoms with Crippen LogP contribution in [0.15, 0.2) is 30.7 Å². The molecule has 0 saturated heterocycles. The van der Waals surface area contributed by atoms with Gasteiger partial charge < -0.3 is 15.4 Å². The highest BCUT2D eigenvalue weighted by Crippen LogP contribution is 2.27. The summed E-state index contributed by atoms with van der Waals surface area (Å²) in [7, 11) is 1.51. The standard InChI is InChI=1S/C19H21N5O3/c1-11-5-6-14(13(3)25)7-16(11)23-18-17-12(2)15(19(26)21-10-27-4)8-24(17)22-9-20-18/h5-9H,10H2,1-4H3,(H,21,26)(H,20,22,23). The maximum Gasteiger partial charge on any atom is 0.254 e. The van der Waals surface area contributed by atoms with E-state index in [9.17, 15) is 9.59 Å². The van der Waals surface area contributed by atoms with Gasteiger partial charge in [0, 0.05) is 24.6 Å². The van der Waals surface area contributed by atoms with Crippen molar-refractivity contribution in [1.82, 2.24) is 19.9 Å². The van der Waals surface area contributed by atoms with E-state index in [4.69, 9.17) is 4.74 Å². The van der Waals surface area contributed by atoms with E-state index in [-0.39, 0.29) is 18.4 Å². The van der Waals surface area contributed by atoms with Crippen molar-refractivity contribution in [3.8, 4) is 0 Å². The molecule has 0 bridgehead atoms. The molecular formula is C19H21N5O3. The molecule has 2 heterocycles. The van der Waals surface area contributed by atoms with E-state index in [0.29, 0.717) is 22.5 Å². The highest BCUT2D eigenvalue weighted by Gasteiger charge is 2.18. The van der Waals surface area contributed by atoms with Gasteiger partial charge >= 0.3 is 0 Å². The number of hydrogen-bond acceptors (Lipinski definition) is 6. The van der Waals surface area contributed by atoms with Crippen molar-refractivity contribution in [2.75, 3.05) is 19.2 Å². The Kier molecular flexibility index (Phi) is 5.18. The van der Waals surface area contributed by atoms with Gasteiger partial charge in [0.15, 0.2) is 11.6 Å². The van der Waals surface area contributed by atoms with Crippen molar-refractivity contribution >= 4 is 28.7 Å². The van der Waals surface area contributed by atoms with Gasteiger partial charge in [-0.3, -0.25) is 9.59 Å². The number of fused-ring (bicyclic) bond motifs is 1. The van der Waals surface area contributed by atoms with E-state index >= 15 is 0 Å². The minimum Gasteiger partial charge on any atom is -0.364 e. The van der Waals surface area contributed by atoms with Gasteiger partial charge in [-0.05, 0) is 38.0 Å². The maximum absolute atomic E-state index is 12.3. The number of carbonyl (C=O) groups excluding carboxylic acids is 2. The molecule has 0 saturated carbocycles. The summed E-state index contributed by atoms with van der Waals surface area (Å²) in [5, 5.41) is 10.1. The molecule has 0 radical (unpaired) electrons. The Morgan fingerprint density at radius 1 is 1.26 bits per heavy atom. The van der Waals surface area contributed by atoms with Crippen molar-refractivity contribution in [3.63, 3.8) is 0 Å². The summed E-state index contributed by atoms with van der Waals surface area (Å²) < 4.78 is 6.50. The number of carbonyl (C=O) groups is 2. The van der Waals surface area contributed by atoms with Crippen molar-refractivity contribution in [1.29, 1.82) is 0 Å². The molecule has 2 N–H and O–H groups in total. The minimum atomic E-state index is -0.249. The Balaban J connectivity index is 2.03. The molecule has 140 valence electrons. The van der Waals surface area contributed by atoms with E-state index in [1.165, 1.54) is 20.4 Å². The molecule has 8 heteroatoms. The third kappa shape index (κ3) is 3.65. The van der Waals surface area contributed by atoms with Crippen LogP contribution in [0.1, 0.15) is 38.8 Å². The average Bonchev–Trinajstić information content (AvgIpc) is 2.99. The molecule has 2 aromatic heterocycles. The number of hydrogen-bond donors (Lipinski definition) is 2. The summed E-state index contributed by atoms with van der Waals surface area (Å²) in [5.74, 6) is 0.291. The lowest BCUT2D eigenvalue weighted by Gasteiger charge is -2.11. The summed E-state index contributed by atoms with van der Waals surface area (Å²) >= 11 is 0. The predicted molar refractivity (Wildman–Crippen MR) is 102 cm³/mol. The van der Waals surface area contributed by atoms with Crippen molar-refractivity contribution in [2.24, 2.45) is 0 Å². The van der Waals surface area contributed by atoms with Crippen molar-refractivity contribution < 1.29 is 14.3 Å². The van der Waals surface area contributed by atoms with Crippen LogP contribution >= 0.6 is 0 Å². The molecule has 3 aromatic rings. The van der Waals surface area contributed by atoms with Gasteiger partial charge in [0.05, 0.1) is 5.56 Å². The molecule has 0 spiro atoms. The van der Waals surface area contributed by atoms with Crippen LogP contribution in [-0.4, -0.2) is 40.1 Å². The van der Waals surface area contributed by atoms with E-state index < -0.39 is 0 Å². The third-order valence-corrected chi connectivity index (χ3v) is 4.35. The summed E-state index contributed by atoms with van der Waals surface area (Å²) in [5.41, 5.74) is 4.28. The zero-order valence-corrected chi connectivity index (χ0v) is 15.7. The van der Waals surface area contributed by atoms with Gasteiger partial charge in [-0.1, -0.05) is 12.1 Å². The van der Waals surface area contributed by atoms with Crippen LogP contribution < -0.4 is 10.6 Å². The molecule has 27 heavy (non-hydrogen) atoms. The molecule has 0 aliphatic heterocycles. The quantitative estimate of drug-likeness (QED) is 0.513. The smallest absolute Gasteiger partial charge is 0.254 e. The number of aromatic nitrogens is 3. The van der Waals surface area contributed by atoms with Crippen LogP contribution in [0.25, 0.3) is 5.52 Å². The van der Waals surface area contributed by atoms with E-state index in [1.54, 1.807) is 22.8 Å². The highest BCUT2D eigenvalue weighted by molar-refractivity contribution is 5.99. The van der Waals surface area contributed by atoms with Crippen LogP contribution in [-0.2, 0) is 4.74 Å². The number of benzene rings is 1. The number of amides is 1. The molecule has 3 rings (SSSR count). The minimum absolute atomic E-state index is 0.0122. The third-order valence-electron chi connectivity index (χ3n) is 4.35. The number of ketones is 1. The zero-order valence-electron chi connectivity index (χ0n) is 15.7. The fraction of sp³-hybridized carbons (Fsp3) is 0.263. The fourth-order valence-electron chi connectivity index (χ4n) is 2.82. The molecule has 0 atom stereocenters. The topological polar surface area (TPSA) is 97.6 Å². The number of anilines is 2. The van der Waals surface area contributed by atoms with E-state index in [2.05, 4.69) is 20.7 Å². The van der Waals surface area contributed by atoms with Crippen LogP contribution in [0.3, 0.4) is 0 Å². The molecule has 0 fully saturated rings. The first kappa shape index (κ1) is 18.5. The Morgan fingerprint density at radius 3 is 2.74 bits per heavy atom. The Hall–Kier alpha value is -3.26. The molecular weight excluding hydrogens is 346 g/mol. The molecule has 0 unspecified atom stereocenters. The number of ether oxygens (including phenoxy) is 1. The Bertz CT molecular complexity index is 1030. The van der Waals surface area contributed by atoms with Gasteiger partial charge in [-0.15, -0.1) is 0 Å². The van der Waals surface area contributed by atoms with Crippen LogP contribution in [0.4, 0.5) is 11.5 Å².